The summed E-state index contributed by atoms with van der Waals surface area (Å²) in [5, 5.41) is 0. The predicted molar refractivity (Wildman–Crippen MR) is 80.7 cm³/mol. The van der Waals surface area contributed by atoms with Gasteiger partial charge in [0.15, 0.2) is 0 Å². The SMILES string of the molecule is CCc1ccc(C(Br)c2c(F)cccc2Br)cc1. The van der Waals surface area contributed by atoms with E-state index in [0.717, 1.165) is 16.5 Å². The standard InChI is InChI=1S/C15H13Br2F/c1-2-10-6-8-11(9-7-10)15(17)14-12(16)4-3-5-13(14)18/h3-9,15H,2H2,1H3. The zero-order chi connectivity index (χ0) is 13.1. The van der Waals surface area contributed by atoms with Crippen molar-refractivity contribution in [3.05, 3.63) is 69.4 Å². The molecule has 0 heterocycles. The highest BCUT2D eigenvalue weighted by molar-refractivity contribution is 9.11. The van der Waals surface area contributed by atoms with Gasteiger partial charge < -0.3 is 0 Å². The van der Waals surface area contributed by atoms with Crippen molar-refractivity contribution in [1.82, 2.24) is 0 Å². The Bertz CT molecular complexity index is 514. The lowest BCUT2D eigenvalue weighted by Crippen LogP contribution is -1.98. The van der Waals surface area contributed by atoms with Gasteiger partial charge in [-0.05, 0) is 29.7 Å². The summed E-state index contributed by atoms with van der Waals surface area (Å²) < 4.78 is 14.7. The van der Waals surface area contributed by atoms with Crippen LogP contribution in [-0.4, -0.2) is 0 Å². The number of halogens is 3. The van der Waals surface area contributed by atoms with Gasteiger partial charge in [0.25, 0.3) is 0 Å². The molecule has 2 rings (SSSR count). The Morgan fingerprint density at radius 2 is 1.78 bits per heavy atom. The first-order valence-electron chi connectivity index (χ1n) is 5.80. The third kappa shape index (κ3) is 2.83. The van der Waals surface area contributed by atoms with E-state index in [4.69, 9.17) is 0 Å². The van der Waals surface area contributed by atoms with Crippen molar-refractivity contribution in [2.75, 3.05) is 0 Å². The summed E-state index contributed by atoms with van der Waals surface area (Å²) in [5.41, 5.74) is 2.98. The van der Waals surface area contributed by atoms with Crippen molar-refractivity contribution >= 4 is 31.9 Å². The fourth-order valence-corrected chi connectivity index (χ4v) is 3.49. The molecule has 1 unspecified atom stereocenters. The number of hydrogen-bond acceptors (Lipinski definition) is 0. The van der Waals surface area contributed by atoms with Crippen LogP contribution in [0.4, 0.5) is 4.39 Å². The quantitative estimate of drug-likeness (QED) is 0.613. The zero-order valence-electron chi connectivity index (χ0n) is 9.96. The third-order valence-electron chi connectivity index (χ3n) is 2.93. The van der Waals surface area contributed by atoms with E-state index in [2.05, 4.69) is 50.9 Å². The second-order valence-electron chi connectivity index (χ2n) is 4.09. The minimum atomic E-state index is -0.203. The van der Waals surface area contributed by atoms with Gasteiger partial charge in [0.2, 0.25) is 0 Å². The summed E-state index contributed by atoms with van der Waals surface area (Å²) in [4.78, 5) is -0.140. The van der Waals surface area contributed by atoms with Gasteiger partial charge in [0.05, 0.1) is 4.83 Å². The molecule has 94 valence electrons. The maximum atomic E-state index is 13.9. The van der Waals surface area contributed by atoms with E-state index in [1.165, 1.54) is 11.6 Å². The van der Waals surface area contributed by atoms with Gasteiger partial charge in [0.1, 0.15) is 5.82 Å². The average Bonchev–Trinajstić information content (AvgIpc) is 2.38. The summed E-state index contributed by atoms with van der Waals surface area (Å²) in [6.45, 7) is 2.12. The number of rotatable bonds is 3. The van der Waals surface area contributed by atoms with Gasteiger partial charge in [-0.3, -0.25) is 0 Å². The summed E-state index contributed by atoms with van der Waals surface area (Å²) in [6, 6.07) is 13.3. The minimum Gasteiger partial charge on any atom is -0.207 e. The molecule has 0 aliphatic heterocycles. The third-order valence-corrected chi connectivity index (χ3v) is 4.61. The van der Waals surface area contributed by atoms with Crippen LogP contribution in [0.1, 0.15) is 28.4 Å². The molecule has 0 saturated heterocycles. The summed E-state index contributed by atoms with van der Waals surface area (Å²) in [7, 11) is 0. The van der Waals surface area contributed by atoms with E-state index in [1.807, 2.05) is 18.2 Å². The Kier molecular flexibility index (Phi) is 4.57. The molecule has 2 aromatic rings. The monoisotopic (exact) mass is 370 g/mol. The van der Waals surface area contributed by atoms with Crippen LogP contribution in [0.25, 0.3) is 0 Å². The summed E-state index contributed by atoms with van der Waals surface area (Å²) in [6.07, 6.45) is 1.01. The number of hydrogen-bond donors (Lipinski definition) is 0. The maximum absolute atomic E-state index is 13.9. The highest BCUT2D eigenvalue weighted by Crippen LogP contribution is 2.36. The molecule has 0 aromatic heterocycles. The molecule has 0 aliphatic carbocycles. The molecule has 0 nitrogen and oxygen atoms in total. The van der Waals surface area contributed by atoms with Crippen LogP contribution in [0.3, 0.4) is 0 Å². The number of aryl methyl sites for hydroxylation is 1. The number of benzene rings is 2. The van der Waals surface area contributed by atoms with E-state index in [-0.39, 0.29) is 10.6 Å². The first kappa shape index (κ1) is 13.8. The molecule has 0 fully saturated rings. The fraction of sp³-hybridized carbons (Fsp3) is 0.200. The van der Waals surface area contributed by atoms with E-state index in [9.17, 15) is 4.39 Å². The smallest absolute Gasteiger partial charge is 0.129 e. The molecule has 18 heavy (non-hydrogen) atoms. The van der Waals surface area contributed by atoms with E-state index in [1.54, 1.807) is 6.07 Å². The molecule has 0 bridgehead atoms. The van der Waals surface area contributed by atoms with Crippen molar-refractivity contribution in [2.45, 2.75) is 18.2 Å². The molecule has 0 amide bonds. The van der Waals surface area contributed by atoms with Gasteiger partial charge >= 0.3 is 0 Å². The fourth-order valence-electron chi connectivity index (χ4n) is 1.84. The highest BCUT2D eigenvalue weighted by atomic mass is 79.9. The molecule has 0 spiro atoms. The lowest BCUT2D eigenvalue weighted by Gasteiger charge is -2.14. The normalized spacial score (nSPS) is 12.4. The molecule has 0 saturated carbocycles. The molecule has 0 aliphatic rings. The van der Waals surface area contributed by atoms with Gasteiger partial charge in [-0.15, -0.1) is 0 Å². The average molecular weight is 372 g/mol. The lowest BCUT2D eigenvalue weighted by atomic mass is 10.0. The molecule has 3 heteroatoms. The van der Waals surface area contributed by atoms with Gasteiger partial charge in [-0.25, -0.2) is 4.39 Å². The van der Waals surface area contributed by atoms with Crippen LogP contribution in [0.15, 0.2) is 46.9 Å². The second-order valence-corrected chi connectivity index (χ2v) is 5.86. The van der Waals surface area contributed by atoms with Crippen LogP contribution < -0.4 is 0 Å². The molecular weight excluding hydrogens is 359 g/mol. The summed E-state index contributed by atoms with van der Waals surface area (Å²) in [5.74, 6) is -0.203. The lowest BCUT2D eigenvalue weighted by molar-refractivity contribution is 0.612. The Morgan fingerprint density at radius 1 is 1.11 bits per heavy atom. The Morgan fingerprint density at radius 3 is 2.33 bits per heavy atom. The molecule has 2 aromatic carbocycles. The molecule has 0 radical (unpaired) electrons. The van der Waals surface area contributed by atoms with E-state index >= 15 is 0 Å². The Hall–Kier alpha value is -0.670. The van der Waals surface area contributed by atoms with Crippen LogP contribution in [0.5, 0.6) is 0 Å². The topological polar surface area (TPSA) is 0 Å². The van der Waals surface area contributed by atoms with Crippen molar-refractivity contribution in [3.8, 4) is 0 Å². The highest BCUT2D eigenvalue weighted by Gasteiger charge is 2.17. The van der Waals surface area contributed by atoms with E-state index in [0.29, 0.717) is 5.56 Å². The number of alkyl halides is 1. The first-order valence-corrected chi connectivity index (χ1v) is 7.51. The second kappa shape index (κ2) is 5.98. The molecule has 1 atom stereocenters. The van der Waals surface area contributed by atoms with Crippen LogP contribution in [0.2, 0.25) is 0 Å². The molecule has 0 N–H and O–H groups in total. The van der Waals surface area contributed by atoms with Crippen molar-refractivity contribution in [1.29, 1.82) is 0 Å². The maximum Gasteiger partial charge on any atom is 0.129 e. The Balaban J connectivity index is 2.38. The zero-order valence-corrected chi connectivity index (χ0v) is 13.1. The summed E-state index contributed by atoms with van der Waals surface area (Å²) >= 11 is 6.98. The molecular formula is C15H13Br2F. The van der Waals surface area contributed by atoms with Crippen LogP contribution in [-0.2, 0) is 6.42 Å². The van der Waals surface area contributed by atoms with Gasteiger partial charge in [0, 0.05) is 10.0 Å². The van der Waals surface area contributed by atoms with Crippen molar-refractivity contribution < 1.29 is 4.39 Å². The minimum absolute atomic E-state index is 0.140. The van der Waals surface area contributed by atoms with E-state index < -0.39 is 0 Å². The first-order chi connectivity index (χ1) is 8.63. The van der Waals surface area contributed by atoms with Crippen LogP contribution >= 0.6 is 31.9 Å². The van der Waals surface area contributed by atoms with Gasteiger partial charge in [-0.1, -0.05) is 69.1 Å². The largest absolute Gasteiger partial charge is 0.207 e. The van der Waals surface area contributed by atoms with Gasteiger partial charge in [-0.2, -0.15) is 0 Å². The van der Waals surface area contributed by atoms with Crippen LogP contribution in [0, 0.1) is 5.82 Å². The van der Waals surface area contributed by atoms with Crippen molar-refractivity contribution in [2.24, 2.45) is 0 Å². The van der Waals surface area contributed by atoms with Crippen molar-refractivity contribution in [3.63, 3.8) is 0 Å². The predicted octanol–water partition coefficient (Wildman–Crippen LogP) is 5.63. The Labute approximate surface area is 123 Å².